The SMILES string of the molecule is CN(CCNC(=O)O)c1ccc(N)cc1CS(C)(=O)=O. The third kappa shape index (κ3) is 5.35. The molecule has 0 aliphatic rings. The minimum atomic E-state index is -3.18. The number of rotatable bonds is 6. The lowest BCUT2D eigenvalue weighted by Crippen LogP contribution is -2.32. The third-order valence-corrected chi connectivity index (χ3v) is 3.49. The molecule has 0 saturated carbocycles. The van der Waals surface area contributed by atoms with Crippen LogP contribution in [-0.2, 0) is 15.6 Å². The summed E-state index contributed by atoms with van der Waals surface area (Å²) in [6, 6.07) is 5.04. The van der Waals surface area contributed by atoms with Crippen molar-refractivity contribution in [3.8, 4) is 0 Å². The summed E-state index contributed by atoms with van der Waals surface area (Å²) in [6.45, 7) is 0.668. The summed E-state index contributed by atoms with van der Waals surface area (Å²) in [4.78, 5) is 12.2. The molecule has 1 amide bonds. The van der Waals surface area contributed by atoms with E-state index in [9.17, 15) is 13.2 Å². The smallest absolute Gasteiger partial charge is 0.404 e. The number of sulfone groups is 1. The molecule has 0 saturated heterocycles. The van der Waals surface area contributed by atoms with Gasteiger partial charge in [-0.1, -0.05) is 0 Å². The molecule has 0 fully saturated rings. The number of anilines is 2. The number of carboxylic acid groups (broad SMARTS) is 1. The van der Waals surface area contributed by atoms with E-state index in [1.807, 2.05) is 0 Å². The van der Waals surface area contributed by atoms with Gasteiger partial charge in [0.1, 0.15) is 0 Å². The molecule has 7 nitrogen and oxygen atoms in total. The number of nitrogens with two attached hydrogens (primary N) is 1. The van der Waals surface area contributed by atoms with Gasteiger partial charge in [-0.3, -0.25) is 0 Å². The highest BCUT2D eigenvalue weighted by atomic mass is 32.2. The molecule has 0 heterocycles. The van der Waals surface area contributed by atoms with E-state index < -0.39 is 15.9 Å². The first-order valence-electron chi connectivity index (χ1n) is 5.93. The topological polar surface area (TPSA) is 113 Å². The first-order valence-corrected chi connectivity index (χ1v) is 7.99. The Hall–Kier alpha value is -1.96. The monoisotopic (exact) mass is 301 g/mol. The summed E-state index contributed by atoms with van der Waals surface area (Å²) >= 11 is 0. The molecule has 1 rings (SSSR count). The first-order chi connectivity index (χ1) is 9.19. The molecule has 0 radical (unpaired) electrons. The van der Waals surface area contributed by atoms with Crippen molar-refractivity contribution in [1.82, 2.24) is 5.32 Å². The van der Waals surface area contributed by atoms with E-state index in [-0.39, 0.29) is 12.3 Å². The highest BCUT2D eigenvalue weighted by molar-refractivity contribution is 7.89. The van der Waals surface area contributed by atoms with Gasteiger partial charge in [-0.15, -0.1) is 0 Å². The minimum absolute atomic E-state index is 0.107. The number of nitrogen functional groups attached to an aromatic ring is 1. The normalized spacial score (nSPS) is 11.1. The average Bonchev–Trinajstić information content (AvgIpc) is 2.25. The Labute approximate surface area is 118 Å². The highest BCUT2D eigenvalue weighted by Gasteiger charge is 2.13. The van der Waals surface area contributed by atoms with E-state index in [4.69, 9.17) is 10.8 Å². The van der Waals surface area contributed by atoms with Crippen molar-refractivity contribution in [2.75, 3.05) is 37.0 Å². The van der Waals surface area contributed by atoms with Crippen LogP contribution in [0.15, 0.2) is 18.2 Å². The molecule has 0 bridgehead atoms. The van der Waals surface area contributed by atoms with Crippen molar-refractivity contribution in [2.45, 2.75) is 5.75 Å². The summed E-state index contributed by atoms with van der Waals surface area (Å²) in [5, 5.41) is 10.8. The number of amides is 1. The lowest BCUT2D eigenvalue weighted by Gasteiger charge is -2.22. The Kier molecular flexibility index (Phi) is 5.20. The zero-order valence-corrected chi connectivity index (χ0v) is 12.3. The second-order valence-corrected chi connectivity index (χ2v) is 6.75. The van der Waals surface area contributed by atoms with E-state index in [0.29, 0.717) is 17.8 Å². The van der Waals surface area contributed by atoms with E-state index in [2.05, 4.69) is 5.32 Å². The van der Waals surface area contributed by atoms with Crippen LogP contribution in [0.1, 0.15) is 5.56 Å². The van der Waals surface area contributed by atoms with Crippen molar-refractivity contribution in [3.05, 3.63) is 23.8 Å². The minimum Gasteiger partial charge on any atom is -0.465 e. The summed E-state index contributed by atoms with van der Waals surface area (Å²) in [5.74, 6) is -0.107. The second kappa shape index (κ2) is 6.47. The molecule has 0 aliphatic carbocycles. The Morgan fingerprint density at radius 1 is 1.45 bits per heavy atom. The zero-order valence-electron chi connectivity index (χ0n) is 11.5. The van der Waals surface area contributed by atoms with Gasteiger partial charge < -0.3 is 21.1 Å². The number of benzene rings is 1. The van der Waals surface area contributed by atoms with Gasteiger partial charge in [0.25, 0.3) is 0 Å². The number of hydrogen-bond acceptors (Lipinski definition) is 5. The summed E-state index contributed by atoms with van der Waals surface area (Å²) in [6.07, 6.45) is 0.0680. The fourth-order valence-corrected chi connectivity index (χ4v) is 2.62. The quantitative estimate of drug-likeness (QED) is 0.660. The fraction of sp³-hybridized carbons (Fsp3) is 0.417. The number of likely N-dealkylation sites (N-methyl/N-ethyl adjacent to an activating group) is 1. The molecule has 112 valence electrons. The molecule has 0 atom stereocenters. The maximum absolute atomic E-state index is 11.4. The highest BCUT2D eigenvalue weighted by Crippen LogP contribution is 2.24. The van der Waals surface area contributed by atoms with Crippen molar-refractivity contribution in [1.29, 1.82) is 0 Å². The lowest BCUT2D eigenvalue weighted by molar-refractivity contribution is 0.195. The van der Waals surface area contributed by atoms with Crippen molar-refractivity contribution in [2.24, 2.45) is 0 Å². The Morgan fingerprint density at radius 2 is 2.10 bits per heavy atom. The van der Waals surface area contributed by atoms with Crippen molar-refractivity contribution < 1.29 is 18.3 Å². The lowest BCUT2D eigenvalue weighted by atomic mass is 10.1. The maximum Gasteiger partial charge on any atom is 0.404 e. The van der Waals surface area contributed by atoms with Crippen LogP contribution in [0.3, 0.4) is 0 Å². The fourth-order valence-electron chi connectivity index (χ4n) is 1.83. The van der Waals surface area contributed by atoms with E-state index in [1.54, 1.807) is 30.1 Å². The summed E-state index contributed by atoms with van der Waals surface area (Å²) < 4.78 is 22.9. The van der Waals surface area contributed by atoms with Crippen LogP contribution in [0, 0.1) is 0 Å². The first kappa shape index (κ1) is 16.1. The van der Waals surface area contributed by atoms with Gasteiger partial charge in [-0.05, 0) is 23.8 Å². The Bertz CT molecular complexity index is 586. The molecule has 0 aliphatic heterocycles. The van der Waals surface area contributed by atoms with Crippen LogP contribution in [0.5, 0.6) is 0 Å². The summed E-state index contributed by atoms with van der Waals surface area (Å²) in [7, 11) is -1.41. The molecule has 0 aromatic heterocycles. The molecule has 0 unspecified atom stereocenters. The van der Waals surface area contributed by atoms with Crippen molar-refractivity contribution in [3.63, 3.8) is 0 Å². The number of nitrogens with zero attached hydrogens (tertiary/aromatic N) is 1. The van der Waals surface area contributed by atoms with Crippen LogP contribution >= 0.6 is 0 Å². The van der Waals surface area contributed by atoms with Crippen LogP contribution in [0.25, 0.3) is 0 Å². The molecular weight excluding hydrogens is 282 g/mol. The predicted molar refractivity (Wildman–Crippen MR) is 78.7 cm³/mol. The summed E-state index contributed by atoms with van der Waals surface area (Å²) in [5.41, 5.74) is 7.49. The van der Waals surface area contributed by atoms with Gasteiger partial charge in [-0.25, -0.2) is 13.2 Å². The Balaban J connectivity index is 2.90. The van der Waals surface area contributed by atoms with E-state index in [1.165, 1.54) is 0 Å². The molecular formula is C12H19N3O4S. The van der Waals surface area contributed by atoms with Gasteiger partial charge in [-0.2, -0.15) is 0 Å². The van der Waals surface area contributed by atoms with E-state index >= 15 is 0 Å². The standard InChI is InChI=1S/C12H19N3O4S/c1-15(6-5-14-12(16)17)11-4-3-10(13)7-9(11)8-20(2,18)19/h3-4,7,14H,5-6,8,13H2,1-2H3,(H,16,17). The molecule has 20 heavy (non-hydrogen) atoms. The van der Waals surface area contributed by atoms with Crippen LogP contribution in [-0.4, -0.2) is 46.0 Å². The Morgan fingerprint density at radius 3 is 2.65 bits per heavy atom. The zero-order chi connectivity index (χ0) is 15.3. The van der Waals surface area contributed by atoms with Gasteiger partial charge in [0, 0.05) is 37.8 Å². The predicted octanol–water partition coefficient (Wildman–Crippen LogP) is 0.517. The van der Waals surface area contributed by atoms with E-state index in [0.717, 1.165) is 11.9 Å². The average molecular weight is 301 g/mol. The number of hydrogen-bond donors (Lipinski definition) is 3. The van der Waals surface area contributed by atoms with Crippen LogP contribution in [0.2, 0.25) is 0 Å². The number of nitrogens with one attached hydrogen (secondary N) is 1. The second-order valence-electron chi connectivity index (χ2n) is 4.61. The van der Waals surface area contributed by atoms with Crippen LogP contribution < -0.4 is 16.0 Å². The van der Waals surface area contributed by atoms with Crippen LogP contribution in [0.4, 0.5) is 16.2 Å². The maximum atomic E-state index is 11.4. The molecule has 8 heteroatoms. The molecule has 1 aromatic carbocycles. The van der Waals surface area contributed by atoms with Crippen molar-refractivity contribution >= 4 is 27.3 Å². The molecule has 4 N–H and O–H groups in total. The third-order valence-electron chi connectivity index (χ3n) is 2.66. The largest absolute Gasteiger partial charge is 0.465 e. The van der Waals surface area contributed by atoms with Gasteiger partial charge >= 0.3 is 6.09 Å². The van der Waals surface area contributed by atoms with Gasteiger partial charge in [0.05, 0.1) is 5.75 Å². The molecule has 1 aromatic rings. The number of carbonyl (C=O) groups is 1. The molecule has 0 spiro atoms. The van der Waals surface area contributed by atoms with Gasteiger partial charge in [0.15, 0.2) is 9.84 Å². The van der Waals surface area contributed by atoms with Gasteiger partial charge in [0.2, 0.25) is 0 Å².